The van der Waals surface area contributed by atoms with E-state index < -0.39 is 6.17 Å². The largest absolute Gasteiger partial charge is 0.369 e. The number of hydrogen-bond acceptors (Lipinski definition) is 6. The quantitative estimate of drug-likeness (QED) is 0.905. The van der Waals surface area contributed by atoms with Crippen LogP contribution in [-0.4, -0.2) is 32.0 Å². The smallest absolute Gasteiger partial charge is 0.280 e. The van der Waals surface area contributed by atoms with E-state index >= 15 is 0 Å². The summed E-state index contributed by atoms with van der Waals surface area (Å²) in [7, 11) is 0. The van der Waals surface area contributed by atoms with Crippen molar-refractivity contribution < 1.29 is 8.91 Å². The van der Waals surface area contributed by atoms with Crippen LogP contribution in [0.1, 0.15) is 49.9 Å². The lowest BCUT2D eigenvalue weighted by atomic mass is 9.79. The van der Waals surface area contributed by atoms with Crippen LogP contribution in [0.15, 0.2) is 23.3 Å². The van der Waals surface area contributed by atoms with Gasteiger partial charge < -0.3 is 19.3 Å². The van der Waals surface area contributed by atoms with Gasteiger partial charge in [0.2, 0.25) is 0 Å². The molecule has 25 heavy (non-hydrogen) atoms. The molecule has 7 nitrogen and oxygen atoms in total. The number of nitrogens with one attached hydrogen (secondary N) is 1. The number of hydrogen-bond donors (Lipinski definition) is 1. The lowest BCUT2D eigenvalue weighted by Crippen LogP contribution is -2.52. The normalized spacial score (nSPS) is 32.9. The zero-order valence-corrected chi connectivity index (χ0v) is 13.7. The summed E-state index contributed by atoms with van der Waals surface area (Å²) in [4.78, 5) is 11.3. The van der Waals surface area contributed by atoms with E-state index in [1.165, 1.54) is 0 Å². The molecule has 0 spiro atoms. The number of anilines is 1. The second kappa shape index (κ2) is 4.83. The van der Waals surface area contributed by atoms with E-state index in [2.05, 4.69) is 29.9 Å². The van der Waals surface area contributed by atoms with Crippen LogP contribution in [0, 0.1) is 5.92 Å². The van der Waals surface area contributed by atoms with Crippen molar-refractivity contribution in [3.8, 4) is 11.6 Å². The number of rotatable bonds is 2. The van der Waals surface area contributed by atoms with Gasteiger partial charge in [0.15, 0.2) is 11.5 Å². The molecule has 4 unspecified atom stereocenters. The molecule has 130 valence electrons. The Kier molecular flexibility index (Phi) is 2.68. The molecule has 2 saturated carbocycles. The zero-order valence-electron chi connectivity index (χ0n) is 13.7. The Morgan fingerprint density at radius 2 is 2.16 bits per heavy atom. The summed E-state index contributed by atoms with van der Waals surface area (Å²) in [6.07, 6.45) is 9.43. The van der Waals surface area contributed by atoms with Gasteiger partial charge in [-0.25, -0.2) is 9.37 Å². The average molecular weight is 342 g/mol. The summed E-state index contributed by atoms with van der Waals surface area (Å²) in [6, 6.07) is 0.253. The lowest BCUT2D eigenvalue weighted by molar-refractivity contribution is 0.110. The highest BCUT2D eigenvalue weighted by molar-refractivity contribution is 5.70. The van der Waals surface area contributed by atoms with E-state index in [4.69, 9.17) is 4.52 Å². The van der Waals surface area contributed by atoms with Crippen molar-refractivity contribution >= 4 is 5.82 Å². The number of nitrogens with zero attached hydrogens (tertiary/aromatic N) is 5. The minimum Gasteiger partial charge on any atom is -0.369 e. The molecule has 0 bridgehead atoms. The molecule has 0 radical (unpaired) electrons. The van der Waals surface area contributed by atoms with Gasteiger partial charge in [-0.2, -0.15) is 4.98 Å². The number of halogens is 1. The van der Waals surface area contributed by atoms with E-state index in [1.54, 1.807) is 0 Å². The summed E-state index contributed by atoms with van der Waals surface area (Å²) in [5.41, 5.74) is 0.721. The van der Waals surface area contributed by atoms with Crippen LogP contribution >= 0.6 is 0 Å². The van der Waals surface area contributed by atoms with Gasteiger partial charge in [0, 0.05) is 30.3 Å². The van der Waals surface area contributed by atoms with Crippen LogP contribution in [0.3, 0.4) is 0 Å². The lowest BCUT2D eigenvalue weighted by Gasteiger charge is -2.46. The van der Waals surface area contributed by atoms with E-state index in [9.17, 15) is 4.39 Å². The van der Waals surface area contributed by atoms with Crippen molar-refractivity contribution in [1.29, 1.82) is 0 Å². The third-order valence-corrected chi connectivity index (χ3v) is 5.96. The molecule has 0 aromatic carbocycles. The number of aromatic nitrogens is 4. The van der Waals surface area contributed by atoms with E-state index in [1.807, 2.05) is 18.7 Å². The van der Waals surface area contributed by atoms with Gasteiger partial charge in [0.05, 0.1) is 6.33 Å². The molecule has 8 heteroatoms. The molecular weight excluding hydrogens is 323 g/mol. The Balaban J connectivity index is 1.46. The first-order chi connectivity index (χ1) is 12.3. The molecule has 4 aliphatic rings. The van der Waals surface area contributed by atoms with Crippen LogP contribution in [0.25, 0.3) is 11.6 Å². The van der Waals surface area contributed by atoms with Gasteiger partial charge in [0.25, 0.3) is 5.89 Å². The maximum absolute atomic E-state index is 14.0. The van der Waals surface area contributed by atoms with Crippen molar-refractivity contribution in [2.45, 2.75) is 56.4 Å². The SMILES string of the molecule is FC1CCC2C(C1)C1NC=CN1c1c(-c3nc(C4CC4)no3)ncn12. The topological polar surface area (TPSA) is 72.0 Å². The van der Waals surface area contributed by atoms with Crippen LogP contribution < -0.4 is 10.2 Å². The summed E-state index contributed by atoms with van der Waals surface area (Å²) in [5.74, 6) is 2.90. The summed E-state index contributed by atoms with van der Waals surface area (Å²) in [5, 5.41) is 7.51. The Morgan fingerprint density at radius 3 is 3.04 bits per heavy atom. The predicted molar refractivity (Wildman–Crippen MR) is 87.3 cm³/mol. The first kappa shape index (κ1) is 13.9. The highest BCUT2D eigenvalue weighted by Gasteiger charge is 2.47. The van der Waals surface area contributed by atoms with Gasteiger partial charge in [0.1, 0.15) is 18.2 Å². The van der Waals surface area contributed by atoms with Gasteiger partial charge in [-0.15, -0.1) is 0 Å². The predicted octanol–water partition coefficient (Wildman–Crippen LogP) is 2.71. The fourth-order valence-corrected chi connectivity index (χ4v) is 4.59. The summed E-state index contributed by atoms with van der Waals surface area (Å²) < 4.78 is 21.7. The van der Waals surface area contributed by atoms with Gasteiger partial charge in [-0.1, -0.05) is 5.16 Å². The first-order valence-electron chi connectivity index (χ1n) is 9.05. The molecule has 2 aromatic heterocycles. The van der Waals surface area contributed by atoms with Crippen molar-refractivity contribution in [3.05, 3.63) is 24.6 Å². The van der Waals surface area contributed by atoms with Gasteiger partial charge in [-0.05, 0) is 32.1 Å². The fraction of sp³-hybridized carbons (Fsp3) is 0.588. The third kappa shape index (κ3) is 1.93. The minimum absolute atomic E-state index is 0.0670. The molecule has 2 aliphatic carbocycles. The van der Waals surface area contributed by atoms with Crippen LogP contribution in [0.5, 0.6) is 0 Å². The molecule has 4 atom stereocenters. The van der Waals surface area contributed by atoms with E-state index in [-0.39, 0.29) is 18.1 Å². The van der Waals surface area contributed by atoms with Crippen molar-refractivity contribution in [2.75, 3.05) is 4.90 Å². The van der Waals surface area contributed by atoms with Gasteiger partial charge in [-0.3, -0.25) is 0 Å². The highest BCUT2D eigenvalue weighted by Crippen LogP contribution is 2.48. The zero-order chi connectivity index (χ0) is 16.5. The van der Waals surface area contributed by atoms with Crippen LogP contribution in [0.4, 0.5) is 10.2 Å². The standard InChI is InChI=1S/C17H19FN6O/c18-10-3-4-12-11(7-10)15-19-5-6-23(15)17-13(20-8-24(12)17)16-21-14(22-25-16)9-1-2-9/h5-6,8-12,15,19H,1-4,7H2. The molecule has 2 aromatic rings. The summed E-state index contributed by atoms with van der Waals surface area (Å²) >= 11 is 0. The molecule has 2 aliphatic heterocycles. The molecule has 4 heterocycles. The Morgan fingerprint density at radius 1 is 1.24 bits per heavy atom. The summed E-state index contributed by atoms with van der Waals surface area (Å²) in [6.45, 7) is 0. The number of fused-ring (bicyclic) bond motifs is 6. The fourth-order valence-electron chi connectivity index (χ4n) is 4.59. The van der Waals surface area contributed by atoms with Gasteiger partial charge >= 0.3 is 0 Å². The number of alkyl halides is 1. The van der Waals surface area contributed by atoms with Crippen molar-refractivity contribution in [3.63, 3.8) is 0 Å². The Bertz CT molecular complexity index is 855. The number of imidazole rings is 1. The average Bonchev–Trinajstić information content (AvgIpc) is 3.04. The maximum Gasteiger partial charge on any atom is 0.280 e. The molecule has 0 amide bonds. The monoisotopic (exact) mass is 342 g/mol. The molecule has 2 fully saturated rings. The van der Waals surface area contributed by atoms with Crippen molar-refractivity contribution in [2.24, 2.45) is 5.92 Å². The third-order valence-electron chi connectivity index (χ3n) is 5.96. The molecule has 1 N–H and O–H groups in total. The maximum atomic E-state index is 14.0. The second-order valence-corrected chi connectivity index (χ2v) is 7.53. The van der Waals surface area contributed by atoms with Crippen LogP contribution in [0.2, 0.25) is 0 Å². The van der Waals surface area contributed by atoms with E-state index in [0.29, 0.717) is 24.7 Å². The minimum atomic E-state index is -0.716. The first-order valence-corrected chi connectivity index (χ1v) is 9.05. The molecule has 6 rings (SSSR count). The molecular formula is C17H19FN6O. The van der Waals surface area contributed by atoms with Crippen LogP contribution in [-0.2, 0) is 0 Å². The molecule has 0 saturated heterocycles. The van der Waals surface area contributed by atoms with Crippen molar-refractivity contribution in [1.82, 2.24) is 25.0 Å². The Labute approximate surface area is 143 Å². The Hall–Kier alpha value is -2.38. The second-order valence-electron chi connectivity index (χ2n) is 7.53. The van der Waals surface area contributed by atoms with E-state index in [0.717, 1.165) is 36.6 Å². The highest BCUT2D eigenvalue weighted by atomic mass is 19.1.